The number of carbonyl (C=O) groups is 2. The second kappa shape index (κ2) is 9.44. The molecule has 0 aromatic heterocycles. The summed E-state index contributed by atoms with van der Waals surface area (Å²) in [5.74, 6) is -0.244. The molecule has 0 radical (unpaired) electrons. The van der Waals surface area contributed by atoms with Crippen molar-refractivity contribution >= 4 is 23.3 Å². The van der Waals surface area contributed by atoms with Gasteiger partial charge in [-0.3, -0.25) is 4.79 Å². The van der Waals surface area contributed by atoms with Crippen molar-refractivity contribution in [3.05, 3.63) is 60.2 Å². The van der Waals surface area contributed by atoms with E-state index in [4.69, 9.17) is 4.74 Å². The van der Waals surface area contributed by atoms with E-state index in [1.807, 2.05) is 30.3 Å². The first-order chi connectivity index (χ1) is 12.1. The Morgan fingerprint density at radius 1 is 1.00 bits per heavy atom. The van der Waals surface area contributed by atoms with Crippen molar-refractivity contribution in [2.24, 2.45) is 0 Å². The van der Waals surface area contributed by atoms with E-state index in [1.54, 1.807) is 31.2 Å². The molecule has 0 saturated carbocycles. The molecule has 0 spiro atoms. The highest BCUT2D eigenvalue weighted by molar-refractivity contribution is 5.95. The molecule has 0 heterocycles. The average Bonchev–Trinajstić information content (AvgIpc) is 2.62. The van der Waals surface area contributed by atoms with Gasteiger partial charge in [0.15, 0.2) is 0 Å². The third-order valence-corrected chi connectivity index (χ3v) is 3.65. The number of benzene rings is 2. The van der Waals surface area contributed by atoms with Crippen LogP contribution in [-0.2, 0) is 16.0 Å². The zero-order valence-corrected chi connectivity index (χ0v) is 14.4. The lowest BCUT2D eigenvalue weighted by molar-refractivity contribution is -0.124. The van der Waals surface area contributed by atoms with Crippen LogP contribution in [0.3, 0.4) is 0 Å². The molecule has 1 atom stereocenters. The van der Waals surface area contributed by atoms with Gasteiger partial charge in [0.25, 0.3) is 5.91 Å². The highest BCUT2D eigenvalue weighted by Gasteiger charge is 2.11. The first-order valence-electron chi connectivity index (χ1n) is 8.11. The first kappa shape index (κ1) is 18.5. The first-order valence-corrected chi connectivity index (χ1v) is 8.11. The second-order valence-electron chi connectivity index (χ2n) is 5.56. The van der Waals surface area contributed by atoms with Crippen molar-refractivity contribution in [3.8, 4) is 0 Å². The van der Waals surface area contributed by atoms with Crippen LogP contribution in [0.15, 0.2) is 54.6 Å². The minimum absolute atomic E-state index is 0.244. The Morgan fingerprint density at radius 3 is 2.36 bits per heavy atom. The van der Waals surface area contributed by atoms with Crippen molar-refractivity contribution in [2.45, 2.75) is 19.4 Å². The summed E-state index contributed by atoms with van der Waals surface area (Å²) in [6.45, 7) is 2.20. The molecule has 6 nitrogen and oxygen atoms in total. The number of carbonyl (C=O) groups excluding carboxylic acids is 2. The molecule has 0 bridgehead atoms. The van der Waals surface area contributed by atoms with Gasteiger partial charge in [-0.15, -0.1) is 0 Å². The SMILES string of the molecule is CO[C@H](C)C(=O)Nc1cccc(NC(=O)NCCc2ccccc2)c1. The van der Waals surface area contributed by atoms with E-state index < -0.39 is 6.10 Å². The normalized spacial score (nSPS) is 11.4. The molecule has 0 aliphatic carbocycles. The van der Waals surface area contributed by atoms with Crippen molar-refractivity contribution in [3.63, 3.8) is 0 Å². The summed E-state index contributed by atoms with van der Waals surface area (Å²) in [5, 5.41) is 8.30. The Bertz CT molecular complexity index is 704. The summed E-state index contributed by atoms with van der Waals surface area (Å²) in [7, 11) is 1.47. The fraction of sp³-hybridized carbons (Fsp3) is 0.263. The van der Waals surface area contributed by atoms with Crippen LogP contribution >= 0.6 is 0 Å². The van der Waals surface area contributed by atoms with Crippen molar-refractivity contribution in [1.82, 2.24) is 5.32 Å². The van der Waals surface area contributed by atoms with Crippen molar-refractivity contribution < 1.29 is 14.3 Å². The van der Waals surface area contributed by atoms with E-state index >= 15 is 0 Å². The van der Waals surface area contributed by atoms with E-state index in [0.717, 1.165) is 6.42 Å². The summed E-state index contributed by atoms with van der Waals surface area (Å²) in [6, 6.07) is 16.6. The number of hydrogen-bond donors (Lipinski definition) is 3. The second-order valence-corrected chi connectivity index (χ2v) is 5.56. The zero-order chi connectivity index (χ0) is 18.1. The summed E-state index contributed by atoms with van der Waals surface area (Å²) in [5.41, 5.74) is 2.36. The third kappa shape index (κ3) is 6.27. The average molecular weight is 341 g/mol. The number of anilines is 2. The Balaban J connectivity index is 1.82. The maximum atomic E-state index is 12.0. The predicted molar refractivity (Wildman–Crippen MR) is 98.7 cm³/mol. The van der Waals surface area contributed by atoms with E-state index in [9.17, 15) is 9.59 Å². The molecule has 6 heteroatoms. The van der Waals surface area contributed by atoms with Gasteiger partial charge in [0.05, 0.1) is 0 Å². The molecule has 0 fully saturated rings. The van der Waals surface area contributed by atoms with Gasteiger partial charge in [-0.05, 0) is 37.1 Å². The van der Waals surface area contributed by atoms with E-state index in [2.05, 4.69) is 16.0 Å². The van der Waals surface area contributed by atoms with Gasteiger partial charge in [-0.2, -0.15) is 0 Å². The Hall–Kier alpha value is -2.86. The van der Waals surface area contributed by atoms with Gasteiger partial charge < -0.3 is 20.7 Å². The number of amides is 3. The topological polar surface area (TPSA) is 79.5 Å². The van der Waals surface area contributed by atoms with E-state index in [-0.39, 0.29) is 11.9 Å². The Kier molecular flexibility index (Phi) is 6.98. The number of ether oxygens (including phenoxy) is 1. The molecule has 0 saturated heterocycles. The van der Waals surface area contributed by atoms with Gasteiger partial charge in [0.1, 0.15) is 6.10 Å². The fourth-order valence-corrected chi connectivity index (χ4v) is 2.17. The van der Waals surface area contributed by atoms with Gasteiger partial charge >= 0.3 is 6.03 Å². The molecule has 2 aromatic carbocycles. The summed E-state index contributed by atoms with van der Waals surface area (Å²) in [6.07, 6.45) is 0.220. The fourth-order valence-electron chi connectivity index (χ4n) is 2.17. The highest BCUT2D eigenvalue weighted by atomic mass is 16.5. The monoisotopic (exact) mass is 341 g/mol. The predicted octanol–water partition coefficient (Wildman–Crippen LogP) is 3.02. The van der Waals surface area contributed by atoms with Gasteiger partial charge in [-0.1, -0.05) is 36.4 Å². The smallest absolute Gasteiger partial charge is 0.319 e. The summed E-state index contributed by atoms with van der Waals surface area (Å²) < 4.78 is 4.97. The van der Waals surface area contributed by atoms with Gasteiger partial charge in [-0.25, -0.2) is 4.79 Å². The quantitative estimate of drug-likeness (QED) is 0.724. The van der Waals surface area contributed by atoms with Crippen LogP contribution in [0.4, 0.5) is 16.2 Å². The van der Waals surface area contributed by atoms with Crippen LogP contribution in [0.2, 0.25) is 0 Å². The number of nitrogens with one attached hydrogen (secondary N) is 3. The van der Waals surface area contributed by atoms with Crippen LogP contribution in [0.1, 0.15) is 12.5 Å². The van der Waals surface area contributed by atoms with Crippen LogP contribution in [0.5, 0.6) is 0 Å². The van der Waals surface area contributed by atoms with E-state index in [0.29, 0.717) is 17.9 Å². The van der Waals surface area contributed by atoms with Gasteiger partial charge in [0, 0.05) is 25.0 Å². The molecular formula is C19H23N3O3. The largest absolute Gasteiger partial charge is 0.372 e. The number of hydrogen-bond acceptors (Lipinski definition) is 3. The lowest BCUT2D eigenvalue weighted by Crippen LogP contribution is -2.30. The summed E-state index contributed by atoms with van der Waals surface area (Å²) in [4.78, 5) is 23.8. The molecular weight excluding hydrogens is 318 g/mol. The minimum Gasteiger partial charge on any atom is -0.372 e. The minimum atomic E-state index is -0.544. The van der Waals surface area contributed by atoms with Crippen molar-refractivity contribution in [2.75, 3.05) is 24.3 Å². The van der Waals surface area contributed by atoms with Crippen molar-refractivity contribution in [1.29, 1.82) is 0 Å². The van der Waals surface area contributed by atoms with Crippen LogP contribution in [-0.4, -0.2) is 31.7 Å². The molecule has 0 unspecified atom stereocenters. The lowest BCUT2D eigenvalue weighted by atomic mass is 10.1. The van der Waals surface area contributed by atoms with Crippen LogP contribution < -0.4 is 16.0 Å². The zero-order valence-electron chi connectivity index (χ0n) is 14.4. The van der Waals surface area contributed by atoms with Crippen LogP contribution in [0.25, 0.3) is 0 Å². The Morgan fingerprint density at radius 2 is 1.68 bits per heavy atom. The maximum Gasteiger partial charge on any atom is 0.319 e. The molecule has 132 valence electrons. The molecule has 2 aromatic rings. The highest BCUT2D eigenvalue weighted by Crippen LogP contribution is 2.15. The molecule has 0 aliphatic heterocycles. The maximum absolute atomic E-state index is 12.0. The van der Waals surface area contributed by atoms with Crippen LogP contribution in [0, 0.1) is 0 Å². The molecule has 3 amide bonds. The third-order valence-electron chi connectivity index (χ3n) is 3.65. The molecule has 2 rings (SSSR count). The Labute approximate surface area is 147 Å². The number of urea groups is 1. The number of rotatable bonds is 7. The van der Waals surface area contributed by atoms with E-state index in [1.165, 1.54) is 12.7 Å². The summed E-state index contributed by atoms with van der Waals surface area (Å²) >= 11 is 0. The standard InChI is InChI=1S/C19H23N3O3/c1-14(25-2)18(23)21-16-9-6-10-17(13-16)22-19(24)20-12-11-15-7-4-3-5-8-15/h3-10,13-14H,11-12H2,1-2H3,(H,21,23)(H2,20,22,24)/t14-/m1/s1. The number of methoxy groups -OCH3 is 1. The molecule has 0 aliphatic rings. The lowest BCUT2D eigenvalue weighted by Gasteiger charge is -2.12. The molecule has 3 N–H and O–H groups in total. The molecule has 25 heavy (non-hydrogen) atoms. The van der Waals surface area contributed by atoms with Gasteiger partial charge in [0.2, 0.25) is 0 Å².